The normalized spacial score (nSPS) is 14.2. The van der Waals surface area contributed by atoms with Gasteiger partial charge in [0.2, 0.25) is 0 Å². The van der Waals surface area contributed by atoms with Crippen molar-refractivity contribution >= 4 is 28.6 Å². The molecule has 0 bridgehead atoms. The highest BCUT2D eigenvalue weighted by Gasteiger charge is 2.20. The first-order valence-corrected chi connectivity index (χ1v) is 11.0. The van der Waals surface area contributed by atoms with Gasteiger partial charge in [0.1, 0.15) is 11.4 Å². The lowest BCUT2D eigenvalue weighted by atomic mass is 10.1. The quantitative estimate of drug-likeness (QED) is 0.465. The summed E-state index contributed by atoms with van der Waals surface area (Å²) in [5.74, 6) is -0.634. The maximum Gasteiger partial charge on any atom is 0.419 e. The smallest absolute Gasteiger partial charge is 0.408 e. The van der Waals surface area contributed by atoms with Crippen LogP contribution in [0.4, 0.5) is 0 Å². The zero-order valence-corrected chi connectivity index (χ0v) is 18.2. The van der Waals surface area contributed by atoms with E-state index in [-0.39, 0.29) is 23.8 Å². The Bertz CT molecular complexity index is 1410. The van der Waals surface area contributed by atoms with Crippen molar-refractivity contribution in [2.45, 2.75) is 32.2 Å². The molecule has 5 rings (SSSR count). The molecule has 170 valence electrons. The van der Waals surface area contributed by atoms with E-state index in [0.29, 0.717) is 29.2 Å². The topological polar surface area (TPSA) is 124 Å². The summed E-state index contributed by atoms with van der Waals surface area (Å²) >= 11 is 0. The van der Waals surface area contributed by atoms with E-state index in [0.717, 1.165) is 18.4 Å². The summed E-state index contributed by atoms with van der Waals surface area (Å²) in [5.41, 5.74) is 2.75. The van der Waals surface area contributed by atoms with Crippen LogP contribution >= 0.6 is 0 Å². The van der Waals surface area contributed by atoms with E-state index in [1.165, 1.54) is 28.0 Å². The lowest BCUT2D eigenvalue weighted by molar-refractivity contribution is 0.0939. The van der Waals surface area contributed by atoms with Crippen LogP contribution in [0, 0.1) is 5.92 Å². The van der Waals surface area contributed by atoms with Crippen LogP contribution in [0.5, 0.6) is 0 Å². The van der Waals surface area contributed by atoms with Crippen LogP contribution in [-0.4, -0.2) is 37.5 Å². The highest BCUT2D eigenvalue weighted by Crippen LogP contribution is 2.23. The first-order valence-electron chi connectivity index (χ1n) is 11.0. The zero-order chi connectivity index (χ0) is 22.9. The number of fused-ring (bicyclic) bond motifs is 2. The van der Waals surface area contributed by atoms with Crippen LogP contribution in [0.15, 0.2) is 45.7 Å². The molecule has 0 spiro atoms. The van der Waals surface area contributed by atoms with Gasteiger partial charge in [0.25, 0.3) is 11.8 Å². The summed E-state index contributed by atoms with van der Waals surface area (Å²) in [6.07, 6.45) is 6.20. The van der Waals surface area contributed by atoms with E-state index in [1.54, 1.807) is 37.5 Å². The molecule has 1 saturated carbocycles. The first kappa shape index (κ1) is 20.9. The second-order valence-corrected chi connectivity index (χ2v) is 8.40. The third kappa shape index (κ3) is 4.11. The number of nitrogens with zero attached hydrogens (tertiary/aromatic N) is 4. The lowest BCUT2D eigenvalue weighted by Crippen LogP contribution is -2.31. The second-order valence-electron chi connectivity index (χ2n) is 8.40. The summed E-state index contributed by atoms with van der Waals surface area (Å²) < 4.78 is 7.98. The fourth-order valence-corrected chi connectivity index (χ4v) is 4.29. The van der Waals surface area contributed by atoms with Gasteiger partial charge in [-0.25, -0.2) is 14.3 Å². The van der Waals surface area contributed by atoms with Crippen LogP contribution in [-0.2, 0) is 13.6 Å². The van der Waals surface area contributed by atoms with Gasteiger partial charge in [-0.15, -0.1) is 0 Å². The molecule has 1 aromatic carbocycles. The van der Waals surface area contributed by atoms with Crippen LogP contribution in [0.25, 0.3) is 16.7 Å². The maximum absolute atomic E-state index is 12.9. The largest absolute Gasteiger partial charge is 0.419 e. The predicted octanol–water partition coefficient (Wildman–Crippen LogP) is 2.02. The molecule has 2 amide bonds. The number of rotatable bonds is 6. The lowest BCUT2D eigenvalue weighted by Gasteiger charge is -2.12. The van der Waals surface area contributed by atoms with Crippen LogP contribution in [0.1, 0.15) is 52.2 Å². The molecule has 33 heavy (non-hydrogen) atoms. The molecule has 1 fully saturated rings. The van der Waals surface area contributed by atoms with Gasteiger partial charge in [-0.1, -0.05) is 18.9 Å². The van der Waals surface area contributed by atoms with Crippen molar-refractivity contribution in [1.29, 1.82) is 0 Å². The van der Waals surface area contributed by atoms with E-state index in [9.17, 15) is 14.4 Å². The van der Waals surface area contributed by atoms with Crippen molar-refractivity contribution in [3.63, 3.8) is 0 Å². The minimum Gasteiger partial charge on any atom is -0.408 e. The second kappa shape index (κ2) is 8.53. The molecule has 0 radical (unpaired) electrons. The van der Waals surface area contributed by atoms with Gasteiger partial charge in [-0.05, 0) is 36.5 Å². The van der Waals surface area contributed by atoms with Crippen molar-refractivity contribution in [3.8, 4) is 0 Å². The Labute approximate surface area is 188 Å². The molecule has 1 aliphatic rings. The average molecular weight is 448 g/mol. The standard InChI is InChI=1S/C23H24N6O4/c1-28-17-10-15(6-7-19(17)33-23(28)32)13-24-21(30)16-11-18(29-20(27-16)8-9-26-29)22(31)25-12-14-4-2-3-5-14/h6-11,14H,2-5,12-13H2,1H3,(H,24,30)(H,25,31). The van der Waals surface area contributed by atoms with Crippen molar-refractivity contribution in [2.24, 2.45) is 13.0 Å². The Morgan fingerprint density at radius 2 is 1.94 bits per heavy atom. The average Bonchev–Trinajstić information content (AvgIpc) is 3.57. The fourth-order valence-electron chi connectivity index (χ4n) is 4.29. The van der Waals surface area contributed by atoms with E-state index in [1.807, 2.05) is 0 Å². The Morgan fingerprint density at radius 1 is 1.12 bits per heavy atom. The van der Waals surface area contributed by atoms with Gasteiger partial charge in [0.15, 0.2) is 11.2 Å². The van der Waals surface area contributed by atoms with E-state index in [4.69, 9.17) is 4.42 Å². The summed E-state index contributed by atoms with van der Waals surface area (Å²) in [7, 11) is 1.63. The van der Waals surface area contributed by atoms with Gasteiger partial charge >= 0.3 is 5.76 Å². The highest BCUT2D eigenvalue weighted by atomic mass is 16.4. The van der Waals surface area contributed by atoms with E-state index < -0.39 is 11.7 Å². The molecule has 3 aromatic heterocycles. The van der Waals surface area contributed by atoms with Crippen molar-refractivity contribution < 1.29 is 14.0 Å². The summed E-state index contributed by atoms with van der Waals surface area (Å²) in [6.45, 7) is 0.841. The molecule has 10 heteroatoms. The number of aryl methyl sites for hydroxylation is 1. The van der Waals surface area contributed by atoms with Crippen molar-refractivity contribution in [3.05, 3.63) is 64.0 Å². The maximum atomic E-state index is 12.9. The number of carbonyl (C=O) groups excluding carboxylic acids is 2. The number of carbonyl (C=O) groups is 2. The number of nitrogens with one attached hydrogen (secondary N) is 2. The van der Waals surface area contributed by atoms with Gasteiger partial charge in [-0.2, -0.15) is 5.10 Å². The highest BCUT2D eigenvalue weighted by molar-refractivity contribution is 5.98. The molecule has 3 heterocycles. The number of amides is 2. The summed E-state index contributed by atoms with van der Waals surface area (Å²) in [4.78, 5) is 41.7. The molecule has 0 atom stereocenters. The Kier molecular flexibility index (Phi) is 5.41. The number of oxazole rings is 1. The molecule has 4 aromatic rings. The Balaban J connectivity index is 1.33. The third-order valence-corrected chi connectivity index (χ3v) is 6.16. The molecule has 2 N–H and O–H groups in total. The molecule has 0 saturated heterocycles. The fraction of sp³-hybridized carbons (Fsp3) is 0.348. The van der Waals surface area contributed by atoms with E-state index in [2.05, 4.69) is 20.7 Å². The van der Waals surface area contributed by atoms with Crippen LogP contribution in [0.3, 0.4) is 0 Å². The third-order valence-electron chi connectivity index (χ3n) is 6.16. The SMILES string of the molecule is Cn1c(=O)oc2ccc(CNC(=O)c3cc(C(=O)NCC4CCCC4)n4nccc4n3)cc21. The number of hydrogen-bond acceptors (Lipinski definition) is 6. The molecule has 1 aliphatic carbocycles. The minimum absolute atomic E-state index is 0.130. The van der Waals surface area contributed by atoms with E-state index >= 15 is 0 Å². The summed E-state index contributed by atoms with van der Waals surface area (Å²) in [5, 5.41) is 9.98. The summed E-state index contributed by atoms with van der Waals surface area (Å²) in [6, 6.07) is 8.37. The number of benzene rings is 1. The van der Waals surface area contributed by atoms with Gasteiger partial charge in [0.05, 0.1) is 11.7 Å². The van der Waals surface area contributed by atoms with Crippen molar-refractivity contribution in [1.82, 2.24) is 29.8 Å². The van der Waals surface area contributed by atoms with Gasteiger partial charge < -0.3 is 15.1 Å². The van der Waals surface area contributed by atoms with Crippen LogP contribution < -0.4 is 16.4 Å². The monoisotopic (exact) mass is 448 g/mol. The Morgan fingerprint density at radius 3 is 2.76 bits per heavy atom. The molecule has 0 unspecified atom stereocenters. The Hall–Kier alpha value is -3.95. The predicted molar refractivity (Wildman–Crippen MR) is 120 cm³/mol. The number of hydrogen-bond donors (Lipinski definition) is 2. The number of aromatic nitrogens is 4. The van der Waals surface area contributed by atoms with Gasteiger partial charge in [-0.3, -0.25) is 14.2 Å². The van der Waals surface area contributed by atoms with Crippen LogP contribution in [0.2, 0.25) is 0 Å². The molecular weight excluding hydrogens is 424 g/mol. The molecule has 10 nitrogen and oxygen atoms in total. The van der Waals surface area contributed by atoms with Gasteiger partial charge in [0, 0.05) is 32.3 Å². The first-order chi connectivity index (χ1) is 16.0. The minimum atomic E-state index is -0.441. The zero-order valence-electron chi connectivity index (χ0n) is 18.2. The van der Waals surface area contributed by atoms with Crippen molar-refractivity contribution in [2.75, 3.05) is 6.54 Å². The molecular formula is C23H24N6O4. The molecule has 0 aliphatic heterocycles.